The first kappa shape index (κ1) is 15.0. The molecule has 0 saturated carbocycles. The fourth-order valence-corrected chi connectivity index (χ4v) is 2.10. The number of ether oxygens (including phenoxy) is 1. The maximum Gasteiger partial charge on any atom is 0.205 e. The van der Waals surface area contributed by atoms with Gasteiger partial charge in [0.05, 0.1) is 19.3 Å². The maximum atomic E-state index is 5.46. The number of hydrogen-bond donors (Lipinski definition) is 2. The summed E-state index contributed by atoms with van der Waals surface area (Å²) in [6, 6.07) is 5.96. The van der Waals surface area contributed by atoms with Crippen LogP contribution in [0, 0.1) is 6.92 Å². The van der Waals surface area contributed by atoms with Crippen molar-refractivity contribution < 1.29 is 4.74 Å². The molecule has 21 heavy (non-hydrogen) atoms. The molecule has 0 bridgehead atoms. The van der Waals surface area contributed by atoms with Gasteiger partial charge in [-0.2, -0.15) is 0 Å². The third-order valence-electron chi connectivity index (χ3n) is 3.11. The lowest BCUT2D eigenvalue weighted by Crippen LogP contribution is -2.25. The van der Waals surface area contributed by atoms with E-state index in [2.05, 4.69) is 25.3 Å². The number of nitrogen functional groups attached to an aromatic ring is 1. The van der Waals surface area contributed by atoms with Crippen molar-refractivity contribution in [3.8, 4) is 5.75 Å². The Labute approximate surface area is 124 Å². The minimum atomic E-state index is 0.457. The molecule has 2 heterocycles. The van der Waals surface area contributed by atoms with Gasteiger partial charge in [0.15, 0.2) is 11.6 Å². The van der Waals surface area contributed by atoms with Crippen molar-refractivity contribution in [2.75, 3.05) is 24.0 Å². The fourth-order valence-electron chi connectivity index (χ4n) is 2.10. The van der Waals surface area contributed by atoms with Crippen LogP contribution < -0.4 is 20.9 Å². The van der Waals surface area contributed by atoms with Crippen molar-refractivity contribution in [2.24, 2.45) is 5.84 Å². The van der Waals surface area contributed by atoms with E-state index in [1.165, 1.54) is 6.33 Å². The predicted octanol–water partition coefficient (Wildman–Crippen LogP) is 1.50. The third kappa shape index (κ3) is 3.38. The Morgan fingerprint density at radius 2 is 2.14 bits per heavy atom. The molecule has 0 aromatic carbocycles. The van der Waals surface area contributed by atoms with E-state index in [1.807, 2.05) is 32.0 Å². The predicted molar refractivity (Wildman–Crippen MR) is 82.1 cm³/mol. The molecule has 0 aliphatic heterocycles. The van der Waals surface area contributed by atoms with Gasteiger partial charge >= 0.3 is 0 Å². The molecule has 7 heteroatoms. The molecule has 0 radical (unpaired) electrons. The zero-order chi connectivity index (χ0) is 15.2. The zero-order valence-corrected chi connectivity index (χ0v) is 12.5. The number of aromatic nitrogens is 3. The van der Waals surface area contributed by atoms with Crippen LogP contribution in [0.2, 0.25) is 0 Å². The Balaban J connectivity index is 2.33. The first-order chi connectivity index (χ1) is 10.2. The van der Waals surface area contributed by atoms with Crippen LogP contribution in [-0.2, 0) is 6.54 Å². The summed E-state index contributed by atoms with van der Waals surface area (Å²) in [6.45, 7) is 5.41. The Hall–Kier alpha value is -2.41. The molecule has 2 rings (SSSR count). The van der Waals surface area contributed by atoms with Gasteiger partial charge in [-0.25, -0.2) is 15.8 Å². The van der Waals surface area contributed by atoms with Gasteiger partial charge in [0.2, 0.25) is 5.75 Å². The van der Waals surface area contributed by atoms with Crippen molar-refractivity contribution in [1.82, 2.24) is 15.0 Å². The molecule has 0 spiro atoms. The molecular weight excluding hydrogens is 268 g/mol. The van der Waals surface area contributed by atoms with Crippen LogP contribution in [0.1, 0.15) is 18.3 Å². The van der Waals surface area contributed by atoms with Gasteiger partial charge in [-0.05, 0) is 26.0 Å². The summed E-state index contributed by atoms with van der Waals surface area (Å²) >= 11 is 0. The van der Waals surface area contributed by atoms with E-state index in [0.717, 1.165) is 17.9 Å². The molecule has 112 valence electrons. The molecule has 0 saturated heterocycles. The number of nitrogens with two attached hydrogens (primary N) is 1. The molecule has 7 nitrogen and oxygen atoms in total. The molecular formula is C14H20N6O. The number of rotatable bonds is 6. The van der Waals surface area contributed by atoms with Crippen LogP contribution in [0.4, 0.5) is 11.6 Å². The smallest absolute Gasteiger partial charge is 0.205 e. The van der Waals surface area contributed by atoms with Crippen LogP contribution in [-0.4, -0.2) is 28.6 Å². The van der Waals surface area contributed by atoms with Crippen LogP contribution in [0.25, 0.3) is 0 Å². The summed E-state index contributed by atoms with van der Waals surface area (Å²) in [7, 11) is 1.57. The molecule has 2 aromatic rings. The number of nitrogens with one attached hydrogen (secondary N) is 1. The number of hydrogen-bond acceptors (Lipinski definition) is 7. The largest absolute Gasteiger partial charge is 0.490 e. The topological polar surface area (TPSA) is 89.2 Å². The molecule has 0 atom stereocenters. The van der Waals surface area contributed by atoms with Crippen molar-refractivity contribution >= 4 is 11.6 Å². The van der Waals surface area contributed by atoms with Crippen LogP contribution in [0.5, 0.6) is 5.75 Å². The highest BCUT2D eigenvalue weighted by Crippen LogP contribution is 2.31. The molecule has 0 aliphatic carbocycles. The summed E-state index contributed by atoms with van der Waals surface area (Å²) in [4.78, 5) is 14.9. The average molecular weight is 288 g/mol. The highest BCUT2D eigenvalue weighted by molar-refractivity contribution is 5.64. The van der Waals surface area contributed by atoms with Gasteiger partial charge in [-0.15, -0.1) is 0 Å². The quantitative estimate of drug-likeness (QED) is 0.615. The van der Waals surface area contributed by atoms with Gasteiger partial charge in [-0.3, -0.25) is 4.98 Å². The second-order valence-corrected chi connectivity index (χ2v) is 4.51. The maximum absolute atomic E-state index is 5.46. The summed E-state index contributed by atoms with van der Waals surface area (Å²) in [5.74, 6) is 7.12. The van der Waals surface area contributed by atoms with E-state index in [9.17, 15) is 0 Å². The minimum Gasteiger partial charge on any atom is -0.490 e. The minimum absolute atomic E-state index is 0.457. The van der Waals surface area contributed by atoms with Gasteiger partial charge in [0.1, 0.15) is 6.33 Å². The molecule has 0 aliphatic rings. The zero-order valence-electron chi connectivity index (χ0n) is 12.5. The van der Waals surface area contributed by atoms with Gasteiger partial charge < -0.3 is 15.1 Å². The van der Waals surface area contributed by atoms with Gasteiger partial charge in [0.25, 0.3) is 0 Å². The SMILES string of the molecule is CCN(Cc1cccc(C)n1)c1ncnc(NN)c1OC. The highest BCUT2D eigenvalue weighted by atomic mass is 16.5. The number of anilines is 2. The fraction of sp³-hybridized carbons (Fsp3) is 0.357. The lowest BCUT2D eigenvalue weighted by Gasteiger charge is -2.24. The van der Waals surface area contributed by atoms with Crippen LogP contribution >= 0.6 is 0 Å². The second-order valence-electron chi connectivity index (χ2n) is 4.51. The summed E-state index contributed by atoms with van der Waals surface area (Å²) < 4.78 is 5.38. The molecule has 0 fully saturated rings. The normalized spacial score (nSPS) is 10.3. The highest BCUT2D eigenvalue weighted by Gasteiger charge is 2.17. The van der Waals surface area contributed by atoms with E-state index in [1.54, 1.807) is 7.11 Å². The van der Waals surface area contributed by atoms with Crippen LogP contribution in [0.3, 0.4) is 0 Å². The standard InChI is InChI=1S/C14H20N6O/c1-4-20(8-11-7-5-6-10(2)18-11)14-12(21-3)13(19-15)16-9-17-14/h5-7,9H,4,8,15H2,1-3H3,(H,16,17,19). The van der Waals surface area contributed by atoms with Gasteiger partial charge in [0, 0.05) is 12.2 Å². The van der Waals surface area contributed by atoms with Gasteiger partial charge in [-0.1, -0.05) is 6.07 Å². The van der Waals surface area contributed by atoms with Crippen molar-refractivity contribution in [1.29, 1.82) is 0 Å². The Bertz CT molecular complexity index is 604. The number of pyridine rings is 1. The van der Waals surface area contributed by atoms with E-state index >= 15 is 0 Å². The summed E-state index contributed by atoms with van der Waals surface area (Å²) in [5.41, 5.74) is 4.48. The second kappa shape index (κ2) is 6.85. The monoisotopic (exact) mass is 288 g/mol. The van der Waals surface area contributed by atoms with Crippen molar-refractivity contribution in [3.63, 3.8) is 0 Å². The lowest BCUT2D eigenvalue weighted by molar-refractivity contribution is 0.412. The van der Waals surface area contributed by atoms with Crippen molar-refractivity contribution in [3.05, 3.63) is 35.9 Å². The number of hydrazine groups is 1. The first-order valence-corrected chi connectivity index (χ1v) is 6.72. The molecule has 2 aromatic heterocycles. The number of methoxy groups -OCH3 is 1. The Morgan fingerprint density at radius 1 is 1.33 bits per heavy atom. The number of nitrogens with zero attached hydrogens (tertiary/aromatic N) is 4. The summed E-state index contributed by atoms with van der Waals surface area (Å²) in [5, 5.41) is 0. The molecule has 0 amide bonds. The average Bonchev–Trinajstić information content (AvgIpc) is 2.51. The van der Waals surface area contributed by atoms with E-state index in [0.29, 0.717) is 23.9 Å². The third-order valence-corrected chi connectivity index (χ3v) is 3.11. The van der Waals surface area contributed by atoms with Crippen LogP contribution in [0.15, 0.2) is 24.5 Å². The van der Waals surface area contributed by atoms with Crippen molar-refractivity contribution in [2.45, 2.75) is 20.4 Å². The Morgan fingerprint density at radius 3 is 2.76 bits per heavy atom. The van der Waals surface area contributed by atoms with E-state index < -0.39 is 0 Å². The number of aryl methyl sites for hydroxylation is 1. The summed E-state index contributed by atoms with van der Waals surface area (Å²) in [6.07, 6.45) is 1.46. The Kier molecular flexibility index (Phi) is 4.89. The molecule has 0 unspecified atom stereocenters. The first-order valence-electron chi connectivity index (χ1n) is 6.72. The molecule has 3 N–H and O–H groups in total. The lowest BCUT2D eigenvalue weighted by atomic mass is 10.3. The van der Waals surface area contributed by atoms with E-state index in [-0.39, 0.29) is 0 Å². The van der Waals surface area contributed by atoms with E-state index in [4.69, 9.17) is 10.6 Å².